The number of hydrogen-bond acceptors (Lipinski definition) is 6. The van der Waals surface area contributed by atoms with Gasteiger partial charge in [0.15, 0.2) is 18.1 Å². The summed E-state index contributed by atoms with van der Waals surface area (Å²) in [6.45, 7) is 6.56. The molecule has 3 aromatic rings. The minimum atomic E-state index is -0.490. The molecule has 0 radical (unpaired) electrons. The third-order valence-electron chi connectivity index (χ3n) is 7.47. The highest BCUT2D eigenvalue weighted by Crippen LogP contribution is 2.41. The summed E-state index contributed by atoms with van der Waals surface area (Å²) in [4.78, 5) is 30.8. The maximum Gasteiger partial charge on any atom is 0.339 e. The highest BCUT2D eigenvalue weighted by molar-refractivity contribution is 6.06. The van der Waals surface area contributed by atoms with Gasteiger partial charge in [-0.3, -0.25) is 9.78 Å². The van der Waals surface area contributed by atoms with Crippen LogP contribution in [0.5, 0.6) is 11.5 Å². The quantitative estimate of drug-likeness (QED) is 0.488. The van der Waals surface area contributed by atoms with Crippen LogP contribution in [0.15, 0.2) is 42.5 Å². The van der Waals surface area contributed by atoms with E-state index in [4.69, 9.17) is 19.2 Å². The standard InChI is InChI=1S/C28H30N2O5/c1-4-28(2,3)17-9-11-22-20(13-17)26(19-7-5-6-8-21(19)30-22)27(32)33-15-25(31)29-18-10-12-23-24(14-18)35-16-34-23/h5-8,10,12,14,17H,4,9,11,13,15-16H2,1-3H3,(H,29,31). The maximum absolute atomic E-state index is 13.4. The number of fused-ring (bicyclic) bond motifs is 3. The van der Waals surface area contributed by atoms with E-state index in [2.05, 4.69) is 26.1 Å². The summed E-state index contributed by atoms with van der Waals surface area (Å²) in [5.74, 6) is 0.737. The van der Waals surface area contributed by atoms with Crippen LogP contribution < -0.4 is 14.8 Å². The number of pyridine rings is 1. The first-order valence-corrected chi connectivity index (χ1v) is 12.1. The van der Waals surface area contributed by atoms with Crippen molar-refractivity contribution in [1.82, 2.24) is 4.98 Å². The average molecular weight is 475 g/mol. The van der Waals surface area contributed by atoms with E-state index in [0.717, 1.165) is 47.8 Å². The molecule has 1 N–H and O–H groups in total. The van der Waals surface area contributed by atoms with Crippen LogP contribution in [0.2, 0.25) is 0 Å². The summed E-state index contributed by atoms with van der Waals surface area (Å²) in [7, 11) is 0. The molecule has 5 rings (SSSR count). The van der Waals surface area contributed by atoms with E-state index in [1.54, 1.807) is 18.2 Å². The van der Waals surface area contributed by atoms with E-state index >= 15 is 0 Å². The molecule has 7 nitrogen and oxygen atoms in total. The zero-order valence-corrected chi connectivity index (χ0v) is 20.3. The Morgan fingerprint density at radius 2 is 1.94 bits per heavy atom. The molecule has 0 fully saturated rings. The molecule has 1 amide bonds. The monoisotopic (exact) mass is 474 g/mol. The van der Waals surface area contributed by atoms with Crippen LogP contribution in [0.25, 0.3) is 10.9 Å². The molecular formula is C28H30N2O5. The Kier molecular flexibility index (Phi) is 6.09. The Hall–Kier alpha value is -3.61. The lowest BCUT2D eigenvalue weighted by Gasteiger charge is -2.37. The minimum absolute atomic E-state index is 0.158. The number of para-hydroxylation sites is 1. The van der Waals surface area contributed by atoms with Gasteiger partial charge < -0.3 is 19.5 Å². The van der Waals surface area contributed by atoms with Crippen LogP contribution in [0.1, 0.15) is 55.2 Å². The molecule has 1 aliphatic carbocycles. The van der Waals surface area contributed by atoms with Crippen LogP contribution in [-0.2, 0) is 22.4 Å². The first kappa shape index (κ1) is 23.1. The molecule has 35 heavy (non-hydrogen) atoms. The van der Waals surface area contributed by atoms with Gasteiger partial charge in [-0.25, -0.2) is 4.79 Å². The highest BCUT2D eigenvalue weighted by atomic mass is 16.7. The van der Waals surface area contributed by atoms with E-state index in [0.29, 0.717) is 28.7 Å². The number of esters is 1. The van der Waals surface area contributed by atoms with E-state index in [9.17, 15) is 9.59 Å². The lowest BCUT2D eigenvalue weighted by Crippen LogP contribution is -2.31. The summed E-state index contributed by atoms with van der Waals surface area (Å²) < 4.78 is 16.2. The number of anilines is 1. The highest BCUT2D eigenvalue weighted by Gasteiger charge is 2.34. The number of amides is 1. The van der Waals surface area contributed by atoms with Gasteiger partial charge in [0, 0.05) is 22.8 Å². The molecule has 2 heterocycles. The van der Waals surface area contributed by atoms with Gasteiger partial charge in [0.25, 0.3) is 5.91 Å². The van der Waals surface area contributed by atoms with Gasteiger partial charge in [0.2, 0.25) is 6.79 Å². The number of hydrogen-bond donors (Lipinski definition) is 1. The number of aryl methyl sites for hydroxylation is 1. The lowest BCUT2D eigenvalue weighted by molar-refractivity contribution is -0.119. The van der Waals surface area contributed by atoms with Gasteiger partial charge in [-0.2, -0.15) is 0 Å². The van der Waals surface area contributed by atoms with E-state index in [1.807, 2.05) is 24.3 Å². The summed E-state index contributed by atoms with van der Waals surface area (Å²) >= 11 is 0. The molecule has 0 saturated heterocycles. The molecule has 0 spiro atoms. The first-order valence-electron chi connectivity index (χ1n) is 12.1. The van der Waals surface area contributed by atoms with Crippen LogP contribution in [-0.4, -0.2) is 30.3 Å². The fourth-order valence-electron chi connectivity index (χ4n) is 4.95. The molecule has 1 aromatic heterocycles. The zero-order chi connectivity index (χ0) is 24.6. The number of nitrogens with one attached hydrogen (secondary N) is 1. The molecule has 7 heteroatoms. The van der Waals surface area contributed by atoms with Gasteiger partial charge >= 0.3 is 5.97 Å². The normalized spacial score (nSPS) is 16.6. The molecule has 1 aliphatic heterocycles. The molecule has 182 valence electrons. The third-order valence-corrected chi connectivity index (χ3v) is 7.47. The fraction of sp³-hybridized carbons (Fsp3) is 0.393. The van der Waals surface area contributed by atoms with Crippen molar-refractivity contribution in [1.29, 1.82) is 0 Å². The Labute approximate surface area is 204 Å². The predicted octanol–water partition coefficient (Wildman–Crippen LogP) is 5.30. The van der Waals surface area contributed by atoms with Crippen molar-refractivity contribution in [2.75, 3.05) is 18.7 Å². The maximum atomic E-state index is 13.4. The summed E-state index contributed by atoms with van der Waals surface area (Å²) in [5, 5.41) is 3.51. The lowest BCUT2D eigenvalue weighted by atomic mass is 9.68. The Balaban J connectivity index is 1.37. The second-order valence-corrected chi connectivity index (χ2v) is 9.90. The SMILES string of the molecule is CCC(C)(C)C1CCc2nc3ccccc3c(C(=O)OCC(=O)Nc3ccc4c(c3)OCO4)c2C1. The van der Waals surface area contributed by atoms with Crippen molar-refractivity contribution in [3.8, 4) is 11.5 Å². The molecule has 2 aromatic carbocycles. The van der Waals surface area contributed by atoms with Crippen molar-refractivity contribution in [3.63, 3.8) is 0 Å². The number of nitrogens with zero attached hydrogens (tertiary/aromatic N) is 1. The minimum Gasteiger partial charge on any atom is -0.454 e. The summed E-state index contributed by atoms with van der Waals surface area (Å²) in [6.07, 6.45) is 3.72. The smallest absolute Gasteiger partial charge is 0.339 e. The number of rotatable bonds is 6. The molecular weight excluding hydrogens is 444 g/mol. The van der Waals surface area contributed by atoms with Crippen LogP contribution in [0.4, 0.5) is 5.69 Å². The molecule has 0 saturated carbocycles. The summed E-state index contributed by atoms with van der Waals surface area (Å²) in [5.41, 5.74) is 3.95. The second kappa shape index (κ2) is 9.21. The number of ether oxygens (including phenoxy) is 3. The topological polar surface area (TPSA) is 86.8 Å². The number of carbonyl (C=O) groups excluding carboxylic acids is 2. The number of benzene rings is 2. The zero-order valence-electron chi connectivity index (χ0n) is 20.3. The molecule has 0 bridgehead atoms. The predicted molar refractivity (Wildman–Crippen MR) is 133 cm³/mol. The summed E-state index contributed by atoms with van der Waals surface area (Å²) in [6, 6.07) is 12.8. The third kappa shape index (κ3) is 4.55. The second-order valence-electron chi connectivity index (χ2n) is 9.90. The van der Waals surface area contributed by atoms with Crippen molar-refractivity contribution < 1.29 is 23.8 Å². The van der Waals surface area contributed by atoms with Gasteiger partial charge in [0.1, 0.15) is 0 Å². The van der Waals surface area contributed by atoms with Crippen molar-refractivity contribution in [2.45, 2.75) is 46.5 Å². The average Bonchev–Trinajstić information content (AvgIpc) is 3.33. The van der Waals surface area contributed by atoms with Crippen molar-refractivity contribution >= 4 is 28.5 Å². The van der Waals surface area contributed by atoms with Crippen molar-refractivity contribution in [3.05, 3.63) is 59.3 Å². The van der Waals surface area contributed by atoms with E-state index in [1.165, 1.54) is 0 Å². The van der Waals surface area contributed by atoms with Crippen LogP contribution in [0.3, 0.4) is 0 Å². The van der Waals surface area contributed by atoms with Gasteiger partial charge in [-0.1, -0.05) is 45.4 Å². The van der Waals surface area contributed by atoms with E-state index in [-0.39, 0.29) is 18.8 Å². The Morgan fingerprint density at radius 3 is 2.77 bits per heavy atom. The van der Waals surface area contributed by atoms with Crippen LogP contribution >= 0.6 is 0 Å². The van der Waals surface area contributed by atoms with E-state index < -0.39 is 11.9 Å². The number of carbonyl (C=O) groups is 2. The van der Waals surface area contributed by atoms with Gasteiger partial charge in [0.05, 0.1) is 11.1 Å². The first-order chi connectivity index (χ1) is 16.9. The van der Waals surface area contributed by atoms with Crippen molar-refractivity contribution in [2.24, 2.45) is 11.3 Å². The largest absolute Gasteiger partial charge is 0.454 e. The Morgan fingerprint density at radius 1 is 1.14 bits per heavy atom. The van der Waals surface area contributed by atoms with Gasteiger partial charge in [-0.05, 0) is 54.4 Å². The fourth-order valence-corrected chi connectivity index (χ4v) is 4.95. The number of aromatic nitrogens is 1. The van der Waals surface area contributed by atoms with Gasteiger partial charge in [-0.15, -0.1) is 0 Å². The molecule has 1 atom stereocenters. The molecule has 1 unspecified atom stereocenters. The Bertz CT molecular complexity index is 1300. The molecule has 2 aliphatic rings. The van der Waals surface area contributed by atoms with Crippen LogP contribution in [0, 0.1) is 11.3 Å².